The molecule has 9 nitrogen and oxygen atoms in total. The van der Waals surface area contributed by atoms with Crippen molar-refractivity contribution < 1.29 is 37.7 Å². The smallest absolute Gasteiger partial charge is 0.268 e. The highest BCUT2D eigenvalue weighted by Gasteiger charge is 2.24. The van der Waals surface area contributed by atoms with Crippen LogP contribution in [0.4, 0.5) is 0 Å². The number of allylic oxidation sites excluding steroid dienone is 4. The van der Waals surface area contributed by atoms with Crippen molar-refractivity contribution in [2.45, 2.75) is 187 Å². The number of likely N-dealkylation sites (N-methyl/N-ethyl adjacent to an activating group) is 1. The molecule has 0 rings (SSSR count). The Bertz CT molecular complexity index is 951. The predicted octanol–water partition coefficient (Wildman–Crippen LogP) is 9.51. The molecule has 0 aliphatic heterocycles. The second kappa shape index (κ2) is 33.2. The van der Waals surface area contributed by atoms with Gasteiger partial charge in [0.1, 0.15) is 13.2 Å². The van der Waals surface area contributed by atoms with Crippen LogP contribution in [0.3, 0.4) is 0 Å². The highest BCUT2D eigenvalue weighted by Crippen LogP contribution is 2.38. The van der Waals surface area contributed by atoms with Crippen molar-refractivity contribution in [2.24, 2.45) is 0 Å². The lowest BCUT2D eigenvalue weighted by atomic mass is 10.0. The van der Waals surface area contributed by atoms with Crippen molar-refractivity contribution in [1.29, 1.82) is 0 Å². The lowest BCUT2D eigenvalue weighted by Crippen LogP contribution is -2.46. The van der Waals surface area contributed by atoms with Gasteiger partial charge in [-0.05, 0) is 38.2 Å². The number of amides is 1. The van der Waals surface area contributed by atoms with Crippen LogP contribution in [0.1, 0.15) is 174 Å². The Balaban J connectivity index is 4.52. The molecule has 0 aromatic heterocycles. The number of nitrogens with zero attached hydrogens (tertiary/aromatic N) is 1. The minimum Gasteiger partial charge on any atom is -0.756 e. The van der Waals surface area contributed by atoms with E-state index in [-0.39, 0.29) is 31.3 Å². The Kier molecular flexibility index (Phi) is 32.4. The Morgan fingerprint density at radius 2 is 1.24 bits per heavy atom. The Morgan fingerprint density at radius 3 is 1.80 bits per heavy atom. The third-order valence-corrected chi connectivity index (χ3v) is 10.1. The number of ketones is 1. The first-order valence-corrected chi connectivity index (χ1v) is 22.1. The van der Waals surface area contributed by atoms with Crippen molar-refractivity contribution >= 4 is 19.5 Å². The predicted molar refractivity (Wildman–Crippen MR) is 210 cm³/mol. The molecule has 0 aliphatic carbocycles. The average molecular weight is 743 g/mol. The number of phosphoric ester groups is 1. The van der Waals surface area contributed by atoms with Gasteiger partial charge in [0, 0.05) is 12.8 Å². The first-order chi connectivity index (χ1) is 24.4. The maximum atomic E-state index is 12.8. The minimum atomic E-state index is -4.59. The van der Waals surface area contributed by atoms with E-state index in [2.05, 4.69) is 25.2 Å². The molecule has 1 unspecified atom stereocenters. The normalized spacial score (nSPS) is 14.6. The molecule has 2 N–H and O–H groups in total. The van der Waals surface area contributed by atoms with Gasteiger partial charge in [-0.25, -0.2) is 0 Å². The number of carbonyl (C=O) groups is 2. The van der Waals surface area contributed by atoms with Gasteiger partial charge in [0.05, 0.1) is 39.9 Å². The fraction of sp³-hybridized carbons (Fsp3) is 0.854. The Morgan fingerprint density at radius 1 is 0.725 bits per heavy atom. The summed E-state index contributed by atoms with van der Waals surface area (Å²) in [7, 11) is 1.23. The number of phosphoric acid groups is 1. The van der Waals surface area contributed by atoms with Crippen molar-refractivity contribution in [3.63, 3.8) is 0 Å². The van der Waals surface area contributed by atoms with Gasteiger partial charge in [0.2, 0.25) is 5.91 Å². The second-order valence-electron chi connectivity index (χ2n) is 15.4. The van der Waals surface area contributed by atoms with E-state index in [1.807, 2.05) is 33.3 Å². The zero-order valence-corrected chi connectivity index (χ0v) is 34.4. The topological polar surface area (TPSA) is 125 Å². The largest absolute Gasteiger partial charge is 0.756 e. The number of hydrogen-bond acceptors (Lipinski definition) is 7. The maximum absolute atomic E-state index is 12.8. The molecule has 0 aromatic rings. The van der Waals surface area contributed by atoms with Crippen LogP contribution in [0.15, 0.2) is 24.3 Å². The molecular formula is C41H79N2O7P. The summed E-state index contributed by atoms with van der Waals surface area (Å²) in [5.41, 5.74) is 0. The molecule has 0 aliphatic rings. The summed E-state index contributed by atoms with van der Waals surface area (Å²) < 4.78 is 23.1. The molecule has 10 heteroatoms. The molecule has 0 saturated carbocycles. The number of quaternary nitrogens is 1. The third-order valence-electron chi connectivity index (χ3n) is 9.17. The fourth-order valence-electron chi connectivity index (χ4n) is 5.78. The molecule has 0 radical (unpaired) electrons. The maximum Gasteiger partial charge on any atom is 0.268 e. The lowest BCUT2D eigenvalue weighted by molar-refractivity contribution is -0.870. The summed E-state index contributed by atoms with van der Waals surface area (Å²) in [6.07, 6.45) is 32.7. The van der Waals surface area contributed by atoms with E-state index < -0.39 is 20.0 Å². The first-order valence-electron chi connectivity index (χ1n) is 20.6. The average Bonchev–Trinajstić information content (AvgIpc) is 3.07. The van der Waals surface area contributed by atoms with Crippen LogP contribution in [0, 0.1) is 0 Å². The van der Waals surface area contributed by atoms with E-state index in [4.69, 9.17) is 9.05 Å². The molecule has 0 saturated heterocycles. The SMILES string of the molecule is CCCCC/C=C\C=C\C(=O)CCCCCCCC(=O)N[C@@H](COP(=O)([O-])OCC[N+](C)(C)C)[C@H](O)CCCCCCCCCCCCCCC. The van der Waals surface area contributed by atoms with Crippen molar-refractivity contribution in [1.82, 2.24) is 5.32 Å². The van der Waals surface area contributed by atoms with Gasteiger partial charge in [0.15, 0.2) is 5.78 Å². The first kappa shape index (κ1) is 49.6. The molecule has 300 valence electrons. The summed E-state index contributed by atoms with van der Waals surface area (Å²) in [5, 5.41) is 13.8. The van der Waals surface area contributed by atoms with Crippen LogP contribution in [-0.4, -0.2) is 74.3 Å². The molecule has 0 aromatic carbocycles. The summed E-state index contributed by atoms with van der Waals surface area (Å²) in [6, 6.07) is -0.843. The molecular weight excluding hydrogens is 663 g/mol. The fourth-order valence-corrected chi connectivity index (χ4v) is 6.51. The Hall–Kier alpha value is -1.35. The van der Waals surface area contributed by atoms with Gasteiger partial charge in [-0.15, -0.1) is 0 Å². The van der Waals surface area contributed by atoms with Gasteiger partial charge >= 0.3 is 0 Å². The summed E-state index contributed by atoms with van der Waals surface area (Å²) in [6.45, 7) is 4.54. The van der Waals surface area contributed by atoms with Gasteiger partial charge in [-0.2, -0.15) is 0 Å². The number of aliphatic hydroxyl groups excluding tert-OH is 1. The van der Waals surface area contributed by atoms with Crippen LogP contribution in [0.2, 0.25) is 0 Å². The van der Waals surface area contributed by atoms with E-state index in [0.29, 0.717) is 30.3 Å². The van der Waals surface area contributed by atoms with Crippen LogP contribution >= 0.6 is 7.82 Å². The van der Waals surface area contributed by atoms with Crippen LogP contribution < -0.4 is 10.2 Å². The quantitative estimate of drug-likeness (QED) is 0.0214. The van der Waals surface area contributed by atoms with E-state index in [9.17, 15) is 24.2 Å². The molecule has 51 heavy (non-hydrogen) atoms. The number of unbranched alkanes of at least 4 members (excludes halogenated alkanes) is 19. The van der Waals surface area contributed by atoms with E-state index in [1.54, 1.807) is 6.08 Å². The lowest BCUT2D eigenvalue weighted by Gasteiger charge is -2.30. The zero-order valence-electron chi connectivity index (χ0n) is 33.6. The van der Waals surface area contributed by atoms with E-state index in [1.165, 1.54) is 83.5 Å². The molecule has 0 heterocycles. The molecule has 0 fully saturated rings. The number of rotatable bonds is 37. The standard InChI is InChI=1S/C41H79N2O7P/c1-6-8-10-12-14-15-16-17-18-19-21-25-29-33-40(45)39(37-50-51(47,48)49-36-35-43(3,4)5)42-41(46)34-30-26-22-24-28-32-38(44)31-27-23-20-13-11-9-7-2/h20,23,27,31,39-40,45H,6-19,21-22,24-26,28-30,32-37H2,1-5H3,(H-,42,46,47,48)/b23-20-,31-27+/t39-,40+/m0/s1. The van der Waals surface area contributed by atoms with Crippen molar-refractivity contribution in [2.75, 3.05) is 40.9 Å². The molecule has 3 atom stereocenters. The summed E-state index contributed by atoms with van der Waals surface area (Å²) >= 11 is 0. The van der Waals surface area contributed by atoms with Crippen molar-refractivity contribution in [3.05, 3.63) is 24.3 Å². The van der Waals surface area contributed by atoms with Crippen LogP contribution in [0.25, 0.3) is 0 Å². The highest BCUT2D eigenvalue weighted by atomic mass is 31.2. The molecule has 1 amide bonds. The number of carbonyl (C=O) groups excluding carboxylic acids is 2. The van der Waals surface area contributed by atoms with Crippen LogP contribution in [-0.2, 0) is 23.2 Å². The third kappa shape index (κ3) is 35.4. The van der Waals surface area contributed by atoms with Gasteiger partial charge in [-0.3, -0.25) is 14.2 Å². The monoisotopic (exact) mass is 743 g/mol. The van der Waals surface area contributed by atoms with Gasteiger partial charge in [-0.1, -0.05) is 148 Å². The van der Waals surface area contributed by atoms with Crippen molar-refractivity contribution in [3.8, 4) is 0 Å². The van der Waals surface area contributed by atoms with Crippen LogP contribution in [0.5, 0.6) is 0 Å². The molecule has 0 spiro atoms. The number of aliphatic hydroxyl groups is 1. The highest BCUT2D eigenvalue weighted by molar-refractivity contribution is 7.45. The van der Waals surface area contributed by atoms with E-state index >= 15 is 0 Å². The number of nitrogens with one attached hydrogen (secondary N) is 1. The second-order valence-corrected chi connectivity index (χ2v) is 16.8. The summed E-state index contributed by atoms with van der Waals surface area (Å²) in [5.74, 6) is -0.0950. The number of hydrogen-bond donors (Lipinski definition) is 2. The van der Waals surface area contributed by atoms with E-state index in [0.717, 1.165) is 51.4 Å². The van der Waals surface area contributed by atoms with Gasteiger partial charge < -0.3 is 28.8 Å². The minimum absolute atomic E-state index is 0.00971. The Labute approximate surface area is 313 Å². The zero-order chi connectivity index (χ0) is 38.1. The summed E-state index contributed by atoms with van der Waals surface area (Å²) in [4.78, 5) is 37.3. The van der Waals surface area contributed by atoms with Gasteiger partial charge in [0.25, 0.3) is 7.82 Å². The molecule has 0 bridgehead atoms.